The summed E-state index contributed by atoms with van der Waals surface area (Å²) in [5.74, 6) is 0.848. The van der Waals surface area contributed by atoms with Crippen LogP contribution in [0.3, 0.4) is 0 Å². The summed E-state index contributed by atoms with van der Waals surface area (Å²) in [5, 5.41) is 6.04. The van der Waals surface area contributed by atoms with Crippen molar-refractivity contribution in [3.05, 3.63) is 42.2 Å². The molecule has 7 nitrogen and oxygen atoms in total. The van der Waals surface area contributed by atoms with E-state index in [1.54, 1.807) is 44.7 Å². The number of methoxy groups -OCH3 is 3. The molecule has 0 aliphatic rings. The highest BCUT2D eigenvalue weighted by atomic mass is 16.5. The van der Waals surface area contributed by atoms with Gasteiger partial charge in [0.25, 0.3) is 5.91 Å². The van der Waals surface area contributed by atoms with E-state index in [9.17, 15) is 4.79 Å². The highest BCUT2D eigenvalue weighted by Gasteiger charge is 2.12. The Balaban J connectivity index is 2.05. The number of amides is 1. The Bertz CT molecular complexity index is 706. The van der Waals surface area contributed by atoms with Crippen LogP contribution in [0.4, 0.5) is 11.4 Å². The predicted octanol–water partition coefficient (Wildman–Crippen LogP) is 2.80. The number of carbonyl (C=O) groups is 1. The van der Waals surface area contributed by atoms with Crippen molar-refractivity contribution in [3.8, 4) is 11.5 Å². The SMILES string of the molecule is COCCCNc1ccnc(C(=O)Nc2ccc(OC)cc2OC)c1. The number of pyridine rings is 1. The lowest BCUT2D eigenvalue weighted by Crippen LogP contribution is -2.15. The summed E-state index contributed by atoms with van der Waals surface area (Å²) >= 11 is 0. The van der Waals surface area contributed by atoms with E-state index in [-0.39, 0.29) is 5.91 Å². The summed E-state index contributed by atoms with van der Waals surface area (Å²) < 4.78 is 15.4. The first-order chi connectivity index (χ1) is 12.2. The Morgan fingerprint density at radius 3 is 2.68 bits per heavy atom. The van der Waals surface area contributed by atoms with Crippen molar-refractivity contribution in [1.82, 2.24) is 4.98 Å². The Morgan fingerprint density at radius 2 is 1.96 bits per heavy atom. The van der Waals surface area contributed by atoms with Gasteiger partial charge in [0.15, 0.2) is 0 Å². The summed E-state index contributed by atoms with van der Waals surface area (Å²) in [4.78, 5) is 16.6. The number of benzene rings is 1. The van der Waals surface area contributed by atoms with Gasteiger partial charge in [0.2, 0.25) is 0 Å². The van der Waals surface area contributed by atoms with Gasteiger partial charge >= 0.3 is 0 Å². The van der Waals surface area contributed by atoms with Crippen molar-refractivity contribution in [1.29, 1.82) is 0 Å². The van der Waals surface area contributed by atoms with Gasteiger partial charge in [-0.25, -0.2) is 0 Å². The maximum absolute atomic E-state index is 12.5. The first-order valence-electron chi connectivity index (χ1n) is 7.90. The number of rotatable bonds is 9. The fourth-order valence-corrected chi connectivity index (χ4v) is 2.20. The van der Waals surface area contributed by atoms with Gasteiger partial charge in [-0.1, -0.05) is 0 Å². The largest absolute Gasteiger partial charge is 0.497 e. The smallest absolute Gasteiger partial charge is 0.274 e. The minimum Gasteiger partial charge on any atom is -0.497 e. The predicted molar refractivity (Wildman–Crippen MR) is 96.7 cm³/mol. The Hall–Kier alpha value is -2.80. The van der Waals surface area contributed by atoms with E-state index in [2.05, 4.69) is 15.6 Å². The van der Waals surface area contributed by atoms with Crippen LogP contribution in [0, 0.1) is 0 Å². The third kappa shape index (κ3) is 5.36. The molecule has 1 aromatic heterocycles. The van der Waals surface area contributed by atoms with Crippen LogP contribution in [0.2, 0.25) is 0 Å². The number of nitrogens with zero attached hydrogens (tertiary/aromatic N) is 1. The van der Waals surface area contributed by atoms with E-state index < -0.39 is 0 Å². The highest BCUT2D eigenvalue weighted by Crippen LogP contribution is 2.29. The summed E-state index contributed by atoms with van der Waals surface area (Å²) in [6.45, 7) is 1.44. The molecule has 0 spiro atoms. The number of ether oxygens (including phenoxy) is 3. The number of carbonyl (C=O) groups excluding carboxylic acids is 1. The average Bonchev–Trinajstić information content (AvgIpc) is 2.65. The summed E-state index contributed by atoms with van der Waals surface area (Å²) in [6.07, 6.45) is 2.47. The zero-order valence-electron chi connectivity index (χ0n) is 14.7. The minimum absolute atomic E-state index is 0.314. The monoisotopic (exact) mass is 345 g/mol. The highest BCUT2D eigenvalue weighted by molar-refractivity contribution is 6.04. The summed E-state index contributed by atoms with van der Waals surface area (Å²) in [6, 6.07) is 8.70. The Morgan fingerprint density at radius 1 is 1.12 bits per heavy atom. The maximum atomic E-state index is 12.5. The summed E-state index contributed by atoms with van der Waals surface area (Å²) in [7, 11) is 4.78. The second kappa shape index (κ2) is 9.48. The fourth-order valence-electron chi connectivity index (χ4n) is 2.20. The van der Waals surface area contributed by atoms with Crippen LogP contribution in [0.1, 0.15) is 16.9 Å². The number of aromatic nitrogens is 1. The molecular weight excluding hydrogens is 322 g/mol. The van der Waals surface area contributed by atoms with E-state index >= 15 is 0 Å². The van der Waals surface area contributed by atoms with Gasteiger partial charge < -0.3 is 24.8 Å². The molecule has 1 amide bonds. The van der Waals surface area contributed by atoms with Crippen LogP contribution < -0.4 is 20.1 Å². The molecule has 2 rings (SSSR count). The Kier molecular flexibility index (Phi) is 7.03. The molecule has 1 aromatic carbocycles. The van der Waals surface area contributed by atoms with Gasteiger partial charge in [-0.3, -0.25) is 9.78 Å². The molecule has 0 radical (unpaired) electrons. The molecular formula is C18H23N3O4. The quantitative estimate of drug-likeness (QED) is 0.680. The molecule has 0 fully saturated rings. The molecule has 0 saturated carbocycles. The molecule has 0 saturated heterocycles. The van der Waals surface area contributed by atoms with Crippen molar-refractivity contribution >= 4 is 17.3 Å². The van der Waals surface area contributed by atoms with Crippen LogP contribution in [0.5, 0.6) is 11.5 Å². The lowest BCUT2D eigenvalue weighted by molar-refractivity contribution is 0.102. The van der Waals surface area contributed by atoms with Crippen LogP contribution >= 0.6 is 0 Å². The van der Waals surface area contributed by atoms with Gasteiger partial charge in [0.1, 0.15) is 17.2 Å². The van der Waals surface area contributed by atoms with Crippen molar-refractivity contribution in [2.45, 2.75) is 6.42 Å². The van der Waals surface area contributed by atoms with Crippen LogP contribution in [-0.2, 0) is 4.74 Å². The maximum Gasteiger partial charge on any atom is 0.274 e. The molecule has 0 bridgehead atoms. The molecule has 0 atom stereocenters. The molecule has 134 valence electrons. The second-order valence-corrected chi connectivity index (χ2v) is 5.22. The average molecular weight is 345 g/mol. The van der Waals surface area contributed by atoms with Gasteiger partial charge in [-0.05, 0) is 30.7 Å². The number of nitrogens with one attached hydrogen (secondary N) is 2. The van der Waals surface area contributed by atoms with Crippen LogP contribution in [-0.4, -0.2) is 45.4 Å². The lowest BCUT2D eigenvalue weighted by Gasteiger charge is -2.12. The van der Waals surface area contributed by atoms with E-state index in [1.165, 1.54) is 7.11 Å². The second-order valence-electron chi connectivity index (χ2n) is 5.22. The first-order valence-corrected chi connectivity index (χ1v) is 7.90. The Labute approximate surface area is 147 Å². The van der Waals surface area contributed by atoms with Gasteiger partial charge in [-0.15, -0.1) is 0 Å². The van der Waals surface area contributed by atoms with Crippen LogP contribution in [0.25, 0.3) is 0 Å². The van der Waals surface area contributed by atoms with Crippen LogP contribution in [0.15, 0.2) is 36.5 Å². The number of anilines is 2. The molecule has 7 heteroatoms. The summed E-state index contributed by atoms with van der Waals surface area (Å²) in [5.41, 5.74) is 1.70. The molecule has 2 aromatic rings. The molecule has 2 N–H and O–H groups in total. The van der Waals surface area contributed by atoms with Gasteiger partial charge in [0.05, 0.1) is 19.9 Å². The van der Waals surface area contributed by atoms with E-state index in [0.717, 1.165) is 18.7 Å². The van der Waals surface area contributed by atoms with Crippen molar-refractivity contribution < 1.29 is 19.0 Å². The van der Waals surface area contributed by atoms with E-state index in [1.807, 2.05) is 6.07 Å². The topological polar surface area (TPSA) is 81.7 Å². The molecule has 1 heterocycles. The van der Waals surface area contributed by atoms with Crippen molar-refractivity contribution in [3.63, 3.8) is 0 Å². The van der Waals surface area contributed by atoms with Gasteiger partial charge in [0, 0.05) is 38.2 Å². The van der Waals surface area contributed by atoms with Gasteiger partial charge in [-0.2, -0.15) is 0 Å². The number of hydrogen-bond acceptors (Lipinski definition) is 6. The van der Waals surface area contributed by atoms with E-state index in [0.29, 0.717) is 29.5 Å². The van der Waals surface area contributed by atoms with Crippen molar-refractivity contribution in [2.24, 2.45) is 0 Å². The normalized spacial score (nSPS) is 10.2. The van der Waals surface area contributed by atoms with E-state index in [4.69, 9.17) is 14.2 Å². The first kappa shape index (κ1) is 18.5. The molecule has 0 aliphatic carbocycles. The molecule has 0 unspecified atom stereocenters. The zero-order chi connectivity index (χ0) is 18.1. The zero-order valence-corrected chi connectivity index (χ0v) is 14.7. The fraction of sp³-hybridized carbons (Fsp3) is 0.333. The third-order valence-corrected chi connectivity index (χ3v) is 3.50. The minimum atomic E-state index is -0.316. The standard InChI is InChI=1S/C18H23N3O4/c1-23-10-4-8-19-13-7-9-20-16(11-13)18(22)21-15-6-5-14(24-2)12-17(15)25-3/h5-7,9,11-12H,4,8,10H2,1-3H3,(H,19,20)(H,21,22). The lowest BCUT2D eigenvalue weighted by atomic mass is 10.2. The van der Waals surface area contributed by atoms with Crippen molar-refractivity contribution in [2.75, 3.05) is 45.1 Å². The number of hydrogen-bond donors (Lipinski definition) is 2. The molecule has 25 heavy (non-hydrogen) atoms. The third-order valence-electron chi connectivity index (χ3n) is 3.50. The molecule has 0 aliphatic heterocycles.